The first-order valence-corrected chi connectivity index (χ1v) is 5.89. The zero-order chi connectivity index (χ0) is 12.7. The Morgan fingerprint density at radius 3 is 2.89 bits per heavy atom. The minimum atomic E-state index is -0.422. The van der Waals surface area contributed by atoms with Crippen LogP contribution >= 0.6 is 0 Å². The molecule has 1 aromatic heterocycles. The molecule has 18 heavy (non-hydrogen) atoms. The number of nitriles is 1. The zero-order valence-corrected chi connectivity index (χ0v) is 10.0. The molecule has 3 rings (SSSR count). The Bertz CT molecular complexity index is 675. The molecule has 0 bridgehead atoms. The predicted molar refractivity (Wildman–Crippen MR) is 66.4 cm³/mol. The van der Waals surface area contributed by atoms with Crippen molar-refractivity contribution >= 4 is 17.0 Å². The summed E-state index contributed by atoms with van der Waals surface area (Å²) < 4.78 is 6.38. The minimum Gasteiger partial charge on any atom is -0.452 e. The molecule has 4 heteroatoms. The number of benzene rings is 1. The van der Waals surface area contributed by atoms with Crippen molar-refractivity contribution in [2.24, 2.45) is 0 Å². The van der Waals surface area contributed by atoms with Gasteiger partial charge in [0.15, 0.2) is 0 Å². The lowest BCUT2D eigenvalue weighted by Gasteiger charge is -2.07. The van der Waals surface area contributed by atoms with Crippen LogP contribution in [-0.4, -0.2) is 17.8 Å². The van der Waals surface area contributed by atoms with Gasteiger partial charge in [0.1, 0.15) is 6.07 Å². The third kappa shape index (κ3) is 1.48. The number of hydrogen-bond donors (Lipinski definition) is 0. The van der Waals surface area contributed by atoms with Gasteiger partial charge in [-0.25, -0.2) is 9.36 Å². The van der Waals surface area contributed by atoms with E-state index in [9.17, 15) is 4.79 Å². The number of rotatable bonds is 1. The average molecular weight is 240 g/mol. The highest BCUT2D eigenvalue weighted by atomic mass is 16.5. The fourth-order valence-electron chi connectivity index (χ4n) is 2.34. The molecule has 0 atom stereocenters. The highest BCUT2D eigenvalue weighted by Gasteiger charge is 2.30. The number of aromatic nitrogens is 1. The maximum Gasteiger partial charge on any atom is 0.418 e. The molecule has 1 saturated carbocycles. The highest BCUT2D eigenvalue weighted by Crippen LogP contribution is 2.42. The van der Waals surface area contributed by atoms with Crippen LogP contribution in [0, 0.1) is 11.3 Å². The summed E-state index contributed by atoms with van der Waals surface area (Å²) in [5.41, 5.74) is 2.12. The van der Waals surface area contributed by atoms with Crippen LogP contribution in [0.2, 0.25) is 0 Å². The number of nitrogens with zero attached hydrogens (tertiary/aromatic N) is 2. The first-order valence-electron chi connectivity index (χ1n) is 5.89. The Balaban J connectivity index is 2.36. The number of para-hydroxylation sites is 1. The highest BCUT2D eigenvalue weighted by molar-refractivity contribution is 5.94. The quantitative estimate of drug-likeness (QED) is 0.769. The molecule has 0 spiro atoms. The second kappa shape index (κ2) is 3.88. The second-order valence-corrected chi connectivity index (χ2v) is 4.50. The van der Waals surface area contributed by atoms with Crippen molar-refractivity contribution in [3.63, 3.8) is 0 Å². The maximum absolute atomic E-state index is 11.9. The van der Waals surface area contributed by atoms with Gasteiger partial charge in [0.2, 0.25) is 0 Å². The lowest BCUT2D eigenvalue weighted by Crippen LogP contribution is -2.14. The minimum absolute atomic E-state index is 0.419. The Kier molecular flexibility index (Phi) is 2.34. The number of methoxy groups -OCH3 is 1. The zero-order valence-electron chi connectivity index (χ0n) is 10.0. The molecule has 4 nitrogen and oxygen atoms in total. The van der Waals surface area contributed by atoms with Crippen molar-refractivity contribution in [1.29, 1.82) is 5.26 Å². The first kappa shape index (κ1) is 10.8. The second-order valence-electron chi connectivity index (χ2n) is 4.50. The van der Waals surface area contributed by atoms with E-state index in [4.69, 9.17) is 10.00 Å². The van der Waals surface area contributed by atoms with Gasteiger partial charge >= 0.3 is 6.09 Å². The van der Waals surface area contributed by atoms with Crippen LogP contribution in [0.4, 0.5) is 4.79 Å². The van der Waals surface area contributed by atoms with Crippen LogP contribution in [0.3, 0.4) is 0 Å². The van der Waals surface area contributed by atoms with Gasteiger partial charge in [-0.2, -0.15) is 5.26 Å². The van der Waals surface area contributed by atoms with E-state index in [1.54, 1.807) is 10.6 Å². The van der Waals surface area contributed by atoms with E-state index in [-0.39, 0.29) is 0 Å². The van der Waals surface area contributed by atoms with E-state index < -0.39 is 6.09 Å². The standard InChI is InChI=1S/C14H12N2O2/c1-18-14(17)16-12(9-5-6-9)7-10-3-2-4-11(8-15)13(10)16/h2-4,7,9H,5-6H2,1H3. The Labute approximate surface area is 104 Å². The van der Waals surface area contributed by atoms with Gasteiger partial charge in [-0.15, -0.1) is 0 Å². The first-order chi connectivity index (χ1) is 8.76. The van der Waals surface area contributed by atoms with Gasteiger partial charge in [0, 0.05) is 11.1 Å². The molecule has 1 heterocycles. The summed E-state index contributed by atoms with van der Waals surface area (Å²) in [4.78, 5) is 11.9. The van der Waals surface area contributed by atoms with Crippen molar-refractivity contribution in [2.45, 2.75) is 18.8 Å². The van der Waals surface area contributed by atoms with Crippen LogP contribution in [0.1, 0.15) is 30.0 Å². The number of hydrogen-bond acceptors (Lipinski definition) is 3. The van der Waals surface area contributed by atoms with Crippen molar-refractivity contribution < 1.29 is 9.53 Å². The third-order valence-corrected chi connectivity index (χ3v) is 3.33. The largest absolute Gasteiger partial charge is 0.452 e. The smallest absolute Gasteiger partial charge is 0.418 e. The predicted octanol–water partition coefficient (Wildman–Crippen LogP) is 3.00. The molecule has 0 radical (unpaired) electrons. The number of carbonyl (C=O) groups is 1. The SMILES string of the molecule is COC(=O)n1c(C2CC2)cc2cccc(C#N)c21. The van der Waals surface area contributed by atoms with Crippen molar-refractivity contribution in [2.75, 3.05) is 7.11 Å². The molecule has 0 saturated heterocycles. The molecule has 1 aromatic carbocycles. The maximum atomic E-state index is 11.9. The topological polar surface area (TPSA) is 55.0 Å². The Hall–Kier alpha value is -2.28. The molecule has 0 aliphatic heterocycles. The molecule has 0 amide bonds. The van der Waals surface area contributed by atoms with Crippen LogP contribution in [-0.2, 0) is 4.74 Å². The number of fused-ring (bicyclic) bond motifs is 1. The fraction of sp³-hybridized carbons (Fsp3) is 0.286. The summed E-state index contributed by atoms with van der Waals surface area (Å²) >= 11 is 0. The van der Waals surface area contributed by atoms with Crippen LogP contribution < -0.4 is 0 Å². The van der Waals surface area contributed by atoms with E-state index in [0.29, 0.717) is 17.0 Å². The Morgan fingerprint density at radius 2 is 2.28 bits per heavy atom. The molecule has 1 aliphatic rings. The van der Waals surface area contributed by atoms with E-state index in [2.05, 4.69) is 6.07 Å². The molecular formula is C14H12N2O2. The number of ether oxygens (including phenoxy) is 1. The van der Waals surface area contributed by atoms with E-state index in [1.165, 1.54) is 7.11 Å². The number of carbonyl (C=O) groups excluding carboxylic acids is 1. The normalized spacial score (nSPS) is 14.4. The molecule has 1 fully saturated rings. The molecule has 90 valence electrons. The molecule has 2 aromatic rings. The summed E-state index contributed by atoms with van der Waals surface area (Å²) in [6, 6.07) is 9.60. The van der Waals surface area contributed by atoms with Gasteiger partial charge in [-0.1, -0.05) is 12.1 Å². The van der Waals surface area contributed by atoms with Gasteiger partial charge in [0.25, 0.3) is 0 Å². The summed E-state index contributed by atoms with van der Waals surface area (Å²) in [5.74, 6) is 0.419. The van der Waals surface area contributed by atoms with Crippen LogP contribution in [0.5, 0.6) is 0 Å². The molecular weight excluding hydrogens is 228 g/mol. The summed E-state index contributed by atoms with van der Waals surface area (Å²) in [5, 5.41) is 10.1. The average Bonchev–Trinajstić information content (AvgIpc) is 3.17. The summed E-state index contributed by atoms with van der Waals surface area (Å²) in [7, 11) is 1.36. The van der Waals surface area contributed by atoms with Gasteiger partial charge in [-0.3, -0.25) is 0 Å². The molecule has 0 N–H and O–H groups in total. The monoisotopic (exact) mass is 240 g/mol. The Morgan fingerprint density at radius 1 is 1.50 bits per heavy atom. The van der Waals surface area contributed by atoms with Gasteiger partial charge in [-0.05, 0) is 30.9 Å². The van der Waals surface area contributed by atoms with Gasteiger partial charge in [0.05, 0.1) is 18.2 Å². The lowest BCUT2D eigenvalue weighted by molar-refractivity contribution is 0.173. The summed E-state index contributed by atoms with van der Waals surface area (Å²) in [6.07, 6.45) is 1.76. The van der Waals surface area contributed by atoms with E-state index in [1.807, 2.05) is 18.2 Å². The van der Waals surface area contributed by atoms with Gasteiger partial charge < -0.3 is 4.74 Å². The molecule has 1 aliphatic carbocycles. The van der Waals surface area contributed by atoms with E-state index >= 15 is 0 Å². The van der Waals surface area contributed by atoms with E-state index in [0.717, 1.165) is 23.9 Å². The van der Waals surface area contributed by atoms with Crippen molar-refractivity contribution in [3.05, 3.63) is 35.5 Å². The van der Waals surface area contributed by atoms with Crippen molar-refractivity contribution in [3.8, 4) is 6.07 Å². The summed E-state index contributed by atoms with van der Waals surface area (Å²) in [6.45, 7) is 0. The lowest BCUT2D eigenvalue weighted by atomic mass is 10.1. The third-order valence-electron chi connectivity index (χ3n) is 3.33. The van der Waals surface area contributed by atoms with Crippen molar-refractivity contribution in [1.82, 2.24) is 4.57 Å². The van der Waals surface area contributed by atoms with Crippen LogP contribution in [0.15, 0.2) is 24.3 Å². The fourth-order valence-corrected chi connectivity index (χ4v) is 2.34. The van der Waals surface area contributed by atoms with Crippen LogP contribution in [0.25, 0.3) is 10.9 Å². The molecule has 0 unspecified atom stereocenters.